The van der Waals surface area contributed by atoms with Gasteiger partial charge >= 0.3 is 0 Å². The van der Waals surface area contributed by atoms with Crippen molar-refractivity contribution in [1.29, 1.82) is 0 Å². The van der Waals surface area contributed by atoms with Gasteiger partial charge in [0.25, 0.3) is 0 Å². The SMILES string of the molecule is CSCC(C)NC(=O)[C@H]1C[C@H](F)CN1. The fourth-order valence-corrected chi connectivity index (χ4v) is 2.11. The number of thioether (sulfide) groups is 1. The average molecular weight is 220 g/mol. The van der Waals surface area contributed by atoms with Crippen molar-refractivity contribution in [3.8, 4) is 0 Å². The molecule has 5 heteroatoms. The Morgan fingerprint density at radius 2 is 2.50 bits per heavy atom. The summed E-state index contributed by atoms with van der Waals surface area (Å²) < 4.78 is 12.8. The van der Waals surface area contributed by atoms with Crippen LogP contribution in [0.2, 0.25) is 0 Å². The molecule has 14 heavy (non-hydrogen) atoms. The lowest BCUT2D eigenvalue weighted by Crippen LogP contribution is -2.44. The number of carbonyl (C=O) groups is 1. The van der Waals surface area contributed by atoms with Crippen LogP contribution in [0, 0.1) is 0 Å². The number of rotatable bonds is 4. The van der Waals surface area contributed by atoms with Gasteiger partial charge in [-0.15, -0.1) is 0 Å². The molecular weight excluding hydrogens is 203 g/mol. The Balaban J connectivity index is 2.27. The van der Waals surface area contributed by atoms with Gasteiger partial charge in [0, 0.05) is 24.8 Å². The van der Waals surface area contributed by atoms with Crippen LogP contribution in [0.5, 0.6) is 0 Å². The molecule has 0 aromatic carbocycles. The van der Waals surface area contributed by atoms with Gasteiger partial charge in [0.2, 0.25) is 5.91 Å². The summed E-state index contributed by atoms with van der Waals surface area (Å²) in [5.74, 6) is 0.809. The van der Waals surface area contributed by atoms with E-state index >= 15 is 0 Å². The Hall–Kier alpha value is -0.290. The van der Waals surface area contributed by atoms with Crippen molar-refractivity contribution in [2.45, 2.75) is 31.6 Å². The van der Waals surface area contributed by atoms with E-state index in [0.29, 0.717) is 13.0 Å². The van der Waals surface area contributed by atoms with E-state index in [2.05, 4.69) is 10.6 Å². The van der Waals surface area contributed by atoms with Gasteiger partial charge in [-0.1, -0.05) is 0 Å². The summed E-state index contributed by atoms with van der Waals surface area (Å²) in [6, 6.07) is -0.188. The van der Waals surface area contributed by atoms with Crippen molar-refractivity contribution in [2.24, 2.45) is 0 Å². The third-order valence-electron chi connectivity index (χ3n) is 2.20. The van der Waals surface area contributed by atoms with E-state index in [1.165, 1.54) is 0 Å². The first-order valence-electron chi connectivity index (χ1n) is 4.80. The minimum Gasteiger partial charge on any atom is -0.351 e. The highest BCUT2D eigenvalue weighted by molar-refractivity contribution is 7.98. The largest absolute Gasteiger partial charge is 0.351 e. The Bertz CT molecular complexity index is 203. The Labute approximate surface area is 88.2 Å². The molecule has 1 fully saturated rings. The van der Waals surface area contributed by atoms with Gasteiger partial charge < -0.3 is 10.6 Å². The van der Waals surface area contributed by atoms with Gasteiger partial charge in [0.1, 0.15) is 6.17 Å². The van der Waals surface area contributed by atoms with Crippen molar-refractivity contribution in [1.82, 2.24) is 10.6 Å². The van der Waals surface area contributed by atoms with Crippen LogP contribution >= 0.6 is 11.8 Å². The first-order chi connectivity index (χ1) is 6.63. The van der Waals surface area contributed by atoms with E-state index in [-0.39, 0.29) is 18.0 Å². The highest BCUT2D eigenvalue weighted by Gasteiger charge is 2.29. The number of carbonyl (C=O) groups excluding carboxylic acids is 1. The van der Waals surface area contributed by atoms with E-state index in [9.17, 15) is 9.18 Å². The lowest BCUT2D eigenvalue weighted by atomic mass is 10.2. The van der Waals surface area contributed by atoms with Crippen molar-refractivity contribution in [3.05, 3.63) is 0 Å². The standard InChI is InChI=1S/C9H17FN2OS/c1-6(5-14-2)12-9(13)8-3-7(10)4-11-8/h6-8,11H,3-5H2,1-2H3,(H,12,13)/t6?,7-,8+/m0/s1. The number of halogens is 1. The quantitative estimate of drug-likeness (QED) is 0.727. The number of hydrogen-bond acceptors (Lipinski definition) is 3. The van der Waals surface area contributed by atoms with E-state index < -0.39 is 6.17 Å². The highest BCUT2D eigenvalue weighted by atomic mass is 32.2. The summed E-state index contributed by atoms with van der Waals surface area (Å²) in [6.45, 7) is 2.26. The smallest absolute Gasteiger partial charge is 0.237 e. The van der Waals surface area contributed by atoms with Crippen molar-refractivity contribution < 1.29 is 9.18 Å². The van der Waals surface area contributed by atoms with Crippen LogP contribution in [0.25, 0.3) is 0 Å². The van der Waals surface area contributed by atoms with Gasteiger partial charge in [0.05, 0.1) is 6.04 Å². The fourth-order valence-electron chi connectivity index (χ4n) is 1.53. The average Bonchev–Trinajstić information content (AvgIpc) is 2.52. The summed E-state index contributed by atoms with van der Waals surface area (Å²) in [5, 5.41) is 5.71. The van der Waals surface area contributed by atoms with Crippen molar-refractivity contribution >= 4 is 17.7 Å². The topological polar surface area (TPSA) is 41.1 Å². The second-order valence-corrected chi connectivity index (χ2v) is 4.57. The molecule has 1 aliphatic heterocycles. The molecule has 1 amide bonds. The Morgan fingerprint density at radius 1 is 1.79 bits per heavy atom. The maximum Gasteiger partial charge on any atom is 0.237 e. The Morgan fingerprint density at radius 3 is 3.00 bits per heavy atom. The minimum absolute atomic E-state index is 0.0771. The van der Waals surface area contributed by atoms with E-state index in [1.807, 2.05) is 13.2 Å². The fraction of sp³-hybridized carbons (Fsp3) is 0.889. The molecule has 0 aromatic rings. The molecule has 82 valence electrons. The lowest BCUT2D eigenvalue weighted by molar-refractivity contribution is -0.123. The molecule has 0 saturated carbocycles. The molecule has 0 radical (unpaired) electrons. The molecule has 0 aliphatic carbocycles. The third-order valence-corrected chi connectivity index (χ3v) is 3.03. The van der Waals surface area contributed by atoms with Gasteiger partial charge in [0.15, 0.2) is 0 Å². The van der Waals surface area contributed by atoms with E-state index in [1.54, 1.807) is 11.8 Å². The predicted molar refractivity (Wildman–Crippen MR) is 57.3 cm³/mol. The predicted octanol–water partition coefficient (Wildman–Crippen LogP) is 0.554. The molecule has 1 saturated heterocycles. The van der Waals surface area contributed by atoms with E-state index in [0.717, 1.165) is 5.75 Å². The summed E-state index contributed by atoms with van der Waals surface area (Å²) in [6.07, 6.45) is 1.42. The minimum atomic E-state index is -0.874. The maximum absolute atomic E-state index is 12.8. The molecule has 1 unspecified atom stereocenters. The third kappa shape index (κ3) is 3.46. The molecular formula is C9H17FN2OS. The second-order valence-electron chi connectivity index (χ2n) is 3.66. The maximum atomic E-state index is 12.8. The van der Waals surface area contributed by atoms with Crippen LogP contribution < -0.4 is 10.6 Å². The van der Waals surface area contributed by atoms with Gasteiger partial charge in [-0.05, 0) is 13.2 Å². The molecule has 0 bridgehead atoms. The van der Waals surface area contributed by atoms with Gasteiger partial charge in [-0.3, -0.25) is 4.79 Å². The summed E-state index contributed by atoms with van der Waals surface area (Å²) in [7, 11) is 0. The highest BCUT2D eigenvalue weighted by Crippen LogP contribution is 2.10. The normalized spacial score (nSPS) is 28.8. The number of nitrogens with one attached hydrogen (secondary N) is 2. The first-order valence-corrected chi connectivity index (χ1v) is 6.19. The monoisotopic (exact) mass is 220 g/mol. The second kappa shape index (κ2) is 5.56. The molecule has 2 N–H and O–H groups in total. The Kier molecular flexibility index (Phi) is 4.68. The number of hydrogen-bond donors (Lipinski definition) is 2. The molecule has 1 rings (SSSR count). The van der Waals surface area contributed by atoms with Crippen molar-refractivity contribution in [2.75, 3.05) is 18.6 Å². The number of alkyl halides is 1. The lowest BCUT2D eigenvalue weighted by Gasteiger charge is -2.15. The zero-order valence-electron chi connectivity index (χ0n) is 8.55. The van der Waals surface area contributed by atoms with Crippen LogP contribution in [0.15, 0.2) is 0 Å². The first kappa shape index (κ1) is 11.8. The van der Waals surface area contributed by atoms with Gasteiger partial charge in [-0.25, -0.2) is 4.39 Å². The van der Waals surface area contributed by atoms with Gasteiger partial charge in [-0.2, -0.15) is 11.8 Å². The summed E-state index contributed by atoms with van der Waals surface area (Å²) in [4.78, 5) is 11.5. The number of amides is 1. The van der Waals surface area contributed by atoms with Crippen molar-refractivity contribution in [3.63, 3.8) is 0 Å². The van der Waals surface area contributed by atoms with Crippen LogP contribution in [0.3, 0.4) is 0 Å². The molecule has 1 aliphatic rings. The van der Waals surface area contributed by atoms with Crippen LogP contribution in [0.1, 0.15) is 13.3 Å². The molecule has 0 aromatic heterocycles. The summed E-state index contributed by atoms with van der Waals surface area (Å²) in [5.41, 5.74) is 0. The zero-order chi connectivity index (χ0) is 10.6. The molecule has 1 heterocycles. The van der Waals surface area contributed by atoms with Crippen LogP contribution in [-0.2, 0) is 4.79 Å². The molecule has 3 nitrogen and oxygen atoms in total. The molecule has 3 atom stereocenters. The summed E-state index contributed by atoms with van der Waals surface area (Å²) >= 11 is 1.69. The van der Waals surface area contributed by atoms with E-state index in [4.69, 9.17) is 0 Å². The molecule has 0 spiro atoms. The van der Waals surface area contributed by atoms with Crippen LogP contribution in [-0.4, -0.2) is 42.7 Å². The van der Waals surface area contributed by atoms with Crippen LogP contribution in [0.4, 0.5) is 4.39 Å². The zero-order valence-corrected chi connectivity index (χ0v) is 9.36.